The van der Waals surface area contributed by atoms with Gasteiger partial charge in [-0.1, -0.05) is 0 Å². The van der Waals surface area contributed by atoms with E-state index in [-0.39, 0.29) is 13.1 Å². The lowest BCUT2D eigenvalue weighted by atomic mass is 9.89. The van der Waals surface area contributed by atoms with Gasteiger partial charge >= 0.3 is 0 Å². The van der Waals surface area contributed by atoms with Crippen molar-refractivity contribution in [3.63, 3.8) is 0 Å². The number of hydrogen-bond donors (Lipinski definition) is 1. The molecule has 0 radical (unpaired) electrons. The van der Waals surface area contributed by atoms with E-state index in [1.807, 2.05) is 0 Å². The second kappa shape index (κ2) is 4.31. The molecule has 18 heavy (non-hydrogen) atoms. The SMILES string of the molecule is CC1(C)OC2CN(C(=O)[O-])CCC2(CN=[N+]=N)O1. The number of rotatable bonds is 2. The summed E-state index contributed by atoms with van der Waals surface area (Å²) in [6, 6.07) is 0. The lowest BCUT2D eigenvalue weighted by molar-refractivity contribution is -0.268. The van der Waals surface area contributed by atoms with Gasteiger partial charge in [-0.2, -0.15) is 0 Å². The van der Waals surface area contributed by atoms with Crippen LogP contribution < -0.4 is 10.0 Å². The predicted molar refractivity (Wildman–Crippen MR) is 56.5 cm³/mol. The van der Waals surface area contributed by atoms with Crippen molar-refractivity contribution in [1.82, 2.24) is 9.81 Å². The van der Waals surface area contributed by atoms with Crippen molar-refractivity contribution in [3.05, 3.63) is 0 Å². The first-order chi connectivity index (χ1) is 8.38. The van der Waals surface area contributed by atoms with E-state index in [1.165, 1.54) is 4.90 Å². The molecule has 2 heterocycles. The van der Waals surface area contributed by atoms with E-state index in [2.05, 4.69) is 10.0 Å². The lowest BCUT2D eigenvalue weighted by Crippen LogP contribution is -2.58. The number of nitrogens with one attached hydrogen (secondary N) is 1. The summed E-state index contributed by atoms with van der Waals surface area (Å²) in [5.74, 6) is -0.788. The molecule has 0 aromatic heterocycles. The predicted octanol–water partition coefficient (Wildman–Crippen LogP) is -0.524. The number of carbonyl (C=O) groups is 1. The first kappa shape index (κ1) is 12.9. The van der Waals surface area contributed by atoms with Crippen molar-refractivity contribution in [2.24, 2.45) is 5.11 Å². The Morgan fingerprint density at radius 3 is 3.00 bits per heavy atom. The molecule has 0 saturated carbocycles. The normalized spacial score (nSPS) is 33.7. The van der Waals surface area contributed by atoms with Crippen molar-refractivity contribution in [3.8, 4) is 0 Å². The van der Waals surface area contributed by atoms with Crippen LogP contribution in [-0.4, -0.2) is 48.1 Å². The maximum Gasteiger partial charge on any atom is 0.214 e. The number of piperidine rings is 1. The summed E-state index contributed by atoms with van der Waals surface area (Å²) in [7, 11) is 0. The number of carbonyl (C=O) groups excluding carboxylic acids is 1. The Balaban J connectivity index is 2.20. The average Bonchev–Trinajstić information content (AvgIpc) is 2.55. The van der Waals surface area contributed by atoms with E-state index in [1.54, 1.807) is 13.8 Å². The molecule has 2 unspecified atom stereocenters. The molecule has 2 aliphatic heterocycles. The number of likely N-dealkylation sites (tertiary alicyclic amines) is 1. The van der Waals surface area contributed by atoms with Gasteiger partial charge in [0, 0.05) is 13.1 Å². The number of nitrogens with zero attached hydrogens (tertiary/aromatic N) is 3. The zero-order chi connectivity index (χ0) is 13.4. The maximum absolute atomic E-state index is 10.9. The van der Waals surface area contributed by atoms with Gasteiger partial charge in [-0.25, -0.2) is 0 Å². The minimum atomic E-state index is -1.21. The van der Waals surface area contributed by atoms with Crippen LogP contribution in [0.5, 0.6) is 0 Å². The number of amides is 1. The molecule has 0 aliphatic carbocycles. The molecule has 1 N–H and O–H groups in total. The Morgan fingerprint density at radius 2 is 2.39 bits per heavy atom. The molecule has 0 aromatic rings. The summed E-state index contributed by atoms with van der Waals surface area (Å²) in [6.07, 6.45) is -1.17. The summed E-state index contributed by atoms with van der Waals surface area (Å²) in [6.45, 7) is 4.25. The van der Waals surface area contributed by atoms with Crippen LogP contribution in [0.4, 0.5) is 4.79 Å². The van der Waals surface area contributed by atoms with Gasteiger partial charge < -0.3 is 24.3 Å². The highest BCUT2D eigenvalue weighted by atomic mass is 16.8. The molecule has 2 saturated heterocycles. The third-order valence-corrected chi connectivity index (χ3v) is 3.32. The highest BCUT2D eigenvalue weighted by molar-refractivity contribution is 5.62. The van der Waals surface area contributed by atoms with E-state index in [0.29, 0.717) is 13.0 Å². The molecule has 100 valence electrons. The van der Waals surface area contributed by atoms with E-state index in [0.717, 1.165) is 0 Å². The Kier molecular flexibility index (Phi) is 3.10. The van der Waals surface area contributed by atoms with E-state index < -0.39 is 23.6 Å². The van der Waals surface area contributed by atoms with Crippen LogP contribution in [0.25, 0.3) is 0 Å². The van der Waals surface area contributed by atoms with Crippen LogP contribution in [0.15, 0.2) is 5.11 Å². The van der Waals surface area contributed by atoms with Gasteiger partial charge in [-0.15, -0.1) is 0 Å². The maximum atomic E-state index is 10.9. The van der Waals surface area contributed by atoms with Gasteiger partial charge in [-0.05, 0) is 20.3 Å². The third-order valence-electron chi connectivity index (χ3n) is 3.32. The Hall–Kier alpha value is -1.50. The zero-order valence-corrected chi connectivity index (χ0v) is 10.4. The van der Waals surface area contributed by atoms with Crippen LogP contribution in [0.3, 0.4) is 0 Å². The van der Waals surface area contributed by atoms with Crippen molar-refractivity contribution >= 4 is 6.09 Å². The largest absolute Gasteiger partial charge is 0.530 e. The van der Waals surface area contributed by atoms with Crippen molar-refractivity contribution < 1.29 is 19.4 Å². The van der Waals surface area contributed by atoms with Gasteiger partial charge in [-0.3, -0.25) is 0 Å². The molecule has 0 bridgehead atoms. The fourth-order valence-electron chi connectivity index (χ4n) is 2.59. The van der Waals surface area contributed by atoms with Crippen LogP contribution in [0.1, 0.15) is 20.3 Å². The number of fused-ring (bicyclic) bond motifs is 1. The highest BCUT2D eigenvalue weighted by Gasteiger charge is 2.56. The summed E-state index contributed by atoms with van der Waals surface area (Å²) in [5, 5.41) is 14.5. The Bertz CT molecular complexity index is 407. The molecular weight excluding hydrogens is 240 g/mol. The molecule has 0 spiro atoms. The Morgan fingerprint density at radius 1 is 1.67 bits per heavy atom. The summed E-state index contributed by atoms with van der Waals surface area (Å²) >= 11 is 0. The fraction of sp³-hybridized carbons (Fsp3) is 0.900. The number of carboxylic acid groups (broad SMARTS) is 1. The van der Waals surface area contributed by atoms with Gasteiger partial charge in [0.1, 0.15) is 28.4 Å². The summed E-state index contributed by atoms with van der Waals surface area (Å²) in [4.78, 5) is 15.1. The molecule has 1 amide bonds. The van der Waals surface area contributed by atoms with Crippen molar-refractivity contribution in [2.45, 2.75) is 37.8 Å². The average molecular weight is 256 g/mol. The standard InChI is InChI=1S/C10H16N4O4/c1-9(2)17-7-5-14(8(15)16)4-3-10(7,18-9)6-12-13-11/h7,11H,3-6H2,1-2H3. The van der Waals surface area contributed by atoms with E-state index in [4.69, 9.17) is 15.0 Å². The minimum Gasteiger partial charge on any atom is -0.530 e. The highest BCUT2D eigenvalue weighted by Crippen LogP contribution is 2.41. The monoisotopic (exact) mass is 256 g/mol. The molecule has 2 rings (SSSR count). The molecule has 2 fully saturated rings. The topological polar surface area (TPSA) is 112 Å². The van der Waals surface area contributed by atoms with E-state index >= 15 is 0 Å². The molecule has 8 heteroatoms. The van der Waals surface area contributed by atoms with Crippen molar-refractivity contribution in [2.75, 3.05) is 19.6 Å². The number of ether oxygens (including phenoxy) is 2. The summed E-state index contributed by atoms with van der Waals surface area (Å²) < 4.78 is 11.6. The molecule has 2 aliphatic rings. The molecular formula is C10H16N4O4. The van der Waals surface area contributed by atoms with Crippen LogP contribution in [0, 0.1) is 5.53 Å². The van der Waals surface area contributed by atoms with Gasteiger partial charge in [0.05, 0.1) is 0 Å². The van der Waals surface area contributed by atoms with Crippen LogP contribution >= 0.6 is 0 Å². The second-order valence-corrected chi connectivity index (χ2v) is 5.03. The van der Waals surface area contributed by atoms with Crippen LogP contribution in [0.2, 0.25) is 0 Å². The third kappa shape index (κ3) is 2.22. The first-order valence-electron chi connectivity index (χ1n) is 5.76. The molecule has 2 atom stereocenters. The minimum absolute atomic E-state index is 0.194. The summed E-state index contributed by atoms with van der Waals surface area (Å²) in [5.41, 5.74) is 6.03. The quantitative estimate of drug-likeness (QED) is 0.529. The number of hydrogen-bond acceptors (Lipinski definition) is 6. The second-order valence-electron chi connectivity index (χ2n) is 5.03. The zero-order valence-electron chi connectivity index (χ0n) is 10.4. The fourth-order valence-corrected chi connectivity index (χ4v) is 2.59. The lowest BCUT2D eigenvalue weighted by Gasteiger charge is -2.40. The van der Waals surface area contributed by atoms with Gasteiger partial charge in [0.2, 0.25) is 4.91 Å². The Labute approximate surface area is 104 Å². The molecule has 8 nitrogen and oxygen atoms in total. The van der Waals surface area contributed by atoms with Gasteiger partial charge in [0.25, 0.3) is 0 Å². The smallest absolute Gasteiger partial charge is 0.214 e. The first-order valence-corrected chi connectivity index (χ1v) is 5.76. The van der Waals surface area contributed by atoms with E-state index in [9.17, 15) is 9.90 Å². The van der Waals surface area contributed by atoms with Crippen molar-refractivity contribution in [1.29, 1.82) is 5.53 Å². The molecule has 0 aromatic carbocycles. The van der Waals surface area contributed by atoms with Crippen LogP contribution in [-0.2, 0) is 9.47 Å². The van der Waals surface area contributed by atoms with Gasteiger partial charge in [0.15, 0.2) is 12.3 Å².